The predicted molar refractivity (Wildman–Crippen MR) is 55.9 cm³/mol. The number of ether oxygens (including phenoxy) is 1. The van der Waals surface area contributed by atoms with Gasteiger partial charge < -0.3 is 4.74 Å². The Balaban J connectivity index is 2.38. The molecule has 0 heterocycles. The zero-order chi connectivity index (χ0) is 12.7. The van der Waals surface area contributed by atoms with E-state index in [1.165, 1.54) is 0 Å². The Morgan fingerprint density at radius 1 is 1.06 bits per heavy atom. The summed E-state index contributed by atoms with van der Waals surface area (Å²) in [5, 5.41) is 8.29. The third-order valence-corrected chi connectivity index (χ3v) is 2.19. The van der Waals surface area contributed by atoms with Gasteiger partial charge in [-0.25, -0.2) is 8.78 Å². The first-order chi connectivity index (χ1) is 8.16. The van der Waals surface area contributed by atoms with Crippen LogP contribution in [0.1, 0.15) is 25.7 Å². The zero-order valence-electron chi connectivity index (χ0n) is 9.18. The molecular formula is C12H12F3NO. The van der Waals surface area contributed by atoms with E-state index in [-0.39, 0.29) is 12.4 Å². The Morgan fingerprint density at radius 3 is 2.53 bits per heavy atom. The van der Waals surface area contributed by atoms with Crippen molar-refractivity contribution < 1.29 is 17.9 Å². The fourth-order valence-corrected chi connectivity index (χ4v) is 1.28. The van der Waals surface area contributed by atoms with E-state index in [1.54, 1.807) is 0 Å². The normalized spacial score (nSPS) is 10.0. The molecule has 2 nitrogen and oxygen atoms in total. The third kappa shape index (κ3) is 3.99. The molecule has 0 atom stereocenters. The maximum absolute atomic E-state index is 13.1. The molecule has 0 amide bonds. The van der Waals surface area contributed by atoms with Crippen LogP contribution in [0.2, 0.25) is 0 Å². The van der Waals surface area contributed by atoms with E-state index < -0.39 is 17.5 Å². The van der Waals surface area contributed by atoms with E-state index in [4.69, 9.17) is 10.00 Å². The Bertz CT molecular complexity index is 415. The number of nitrogens with zero attached hydrogens (tertiary/aromatic N) is 1. The first kappa shape index (κ1) is 13.4. The van der Waals surface area contributed by atoms with Crippen molar-refractivity contribution in [1.29, 1.82) is 5.26 Å². The fourth-order valence-electron chi connectivity index (χ4n) is 1.28. The van der Waals surface area contributed by atoms with Gasteiger partial charge in [-0.05, 0) is 31.4 Å². The fraction of sp³-hybridized carbons (Fsp3) is 0.417. The lowest BCUT2D eigenvalue weighted by Gasteiger charge is -2.07. The summed E-state index contributed by atoms with van der Waals surface area (Å²) in [6.07, 6.45) is 2.64. The summed E-state index contributed by atoms with van der Waals surface area (Å²) >= 11 is 0. The Morgan fingerprint density at radius 2 is 1.82 bits per heavy atom. The van der Waals surface area contributed by atoms with Crippen LogP contribution in [0.5, 0.6) is 5.75 Å². The molecule has 92 valence electrons. The average Bonchev–Trinajstić information content (AvgIpc) is 2.33. The summed E-state index contributed by atoms with van der Waals surface area (Å²) < 4.78 is 43.5. The molecule has 1 aromatic rings. The van der Waals surface area contributed by atoms with E-state index in [1.807, 2.05) is 6.07 Å². The minimum atomic E-state index is -1.52. The van der Waals surface area contributed by atoms with Crippen LogP contribution >= 0.6 is 0 Å². The van der Waals surface area contributed by atoms with Crippen molar-refractivity contribution in [2.75, 3.05) is 6.61 Å². The largest absolute Gasteiger partial charge is 0.490 e. The zero-order valence-corrected chi connectivity index (χ0v) is 9.18. The van der Waals surface area contributed by atoms with Gasteiger partial charge in [0.1, 0.15) is 0 Å². The van der Waals surface area contributed by atoms with Crippen molar-refractivity contribution >= 4 is 0 Å². The second kappa shape index (κ2) is 6.79. The first-order valence-electron chi connectivity index (χ1n) is 5.30. The van der Waals surface area contributed by atoms with Gasteiger partial charge in [0.05, 0.1) is 12.7 Å². The van der Waals surface area contributed by atoms with E-state index >= 15 is 0 Å². The quantitative estimate of drug-likeness (QED) is 0.565. The van der Waals surface area contributed by atoms with Crippen molar-refractivity contribution in [3.63, 3.8) is 0 Å². The lowest BCUT2D eigenvalue weighted by atomic mass is 10.2. The van der Waals surface area contributed by atoms with Crippen molar-refractivity contribution in [2.24, 2.45) is 0 Å². The number of hydrogen-bond acceptors (Lipinski definition) is 2. The molecule has 0 radical (unpaired) electrons. The summed E-state index contributed by atoms with van der Waals surface area (Å²) in [5.74, 6) is -4.35. The van der Waals surface area contributed by atoms with Crippen LogP contribution in [0.25, 0.3) is 0 Å². The molecule has 0 aliphatic rings. The van der Waals surface area contributed by atoms with Gasteiger partial charge in [0.2, 0.25) is 5.82 Å². The lowest BCUT2D eigenvalue weighted by Crippen LogP contribution is -2.01. The van der Waals surface area contributed by atoms with Crippen LogP contribution in [-0.2, 0) is 0 Å². The molecule has 17 heavy (non-hydrogen) atoms. The second-order valence-corrected chi connectivity index (χ2v) is 3.49. The topological polar surface area (TPSA) is 33.0 Å². The molecule has 0 unspecified atom stereocenters. The van der Waals surface area contributed by atoms with E-state index in [0.717, 1.165) is 25.0 Å². The van der Waals surface area contributed by atoms with Gasteiger partial charge in [0.25, 0.3) is 0 Å². The first-order valence-corrected chi connectivity index (χ1v) is 5.30. The van der Waals surface area contributed by atoms with Gasteiger partial charge in [0.15, 0.2) is 17.4 Å². The van der Waals surface area contributed by atoms with Crippen LogP contribution in [-0.4, -0.2) is 6.61 Å². The molecule has 1 aromatic carbocycles. The third-order valence-electron chi connectivity index (χ3n) is 2.19. The summed E-state index contributed by atoms with van der Waals surface area (Å²) in [4.78, 5) is 0. The Labute approximate surface area is 97.6 Å². The average molecular weight is 243 g/mol. The molecule has 0 aliphatic carbocycles. The molecule has 5 heteroatoms. The maximum Gasteiger partial charge on any atom is 0.203 e. The van der Waals surface area contributed by atoms with Crippen molar-refractivity contribution in [2.45, 2.75) is 25.7 Å². The van der Waals surface area contributed by atoms with E-state index in [9.17, 15) is 13.2 Å². The number of benzene rings is 1. The molecule has 0 saturated heterocycles. The molecule has 1 rings (SSSR count). The van der Waals surface area contributed by atoms with Gasteiger partial charge in [0, 0.05) is 6.42 Å². The lowest BCUT2D eigenvalue weighted by molar-refractivity contribution is 0.282. The summed E-state index contributed by atoms with van der Waals surface area (Å²) in [5.41, 5.74) is 0. The minimum absolute atomic E-state index is 0.216. The van der Waals surface area contributed by atoms with Crippen LogP contribution in [0.3, 0.4) is 0 Å². The Hall–Kier alpha value is -1.70. The van der Waals surface area contributed by atoms with Gasteiger partial charge in [-0.3, -0.25) is 0 Å². The van der Waals surface area contributed by atoms with Gasteiger partial charge >= 0.3 is 0 Å². The molecule has 0 spiro atoms. The molecule has 0 aromatic heterocycles. The smallest absolute Gasteiger partial charge is 0.203 e. The highest BCUT2D eigenvalue weighted by atomic mass is 19.2. The van der Waals surface area contributed by atoms with Crippen LogP contribution in [0.4, 0.5) is 13.2 Å². The standard InChI is InChI=1S/C12H12F3NO/c13-9-5-6-10(12(15)11(9)14)17-8-4-2-1-3-7-16/h5-6H,1-4,8H2. The second-order valence-electron chi connectivity index (χ2n) is 3.49. The monoisotopic (exact) mass is 243 g/mol. The van der Waals surface area contributed by atoms with Crippen LogP contribution in [0.15, 0.2) is 12.1 Å². The summed E-state index contributed by atoms with van der Waals surface area (Å²) in [6.45, 7) is 0.216. The molecule has 0 N–H and O–H groups in total. The predicted octanol–water partition coefficient (Wildman–Crippen LogP) is 3.57. The SMILES string of the molecule is N#CCCCCCOc1ccc(F)c(F)c1F. The van der Waals surface area contributed by atoms with Gasteiger partial charge in [-0.15, -0.1) is 0 Å². The molecule has 0 saturated carbocycles. The van der Waals surface area contributed by atoms with Crippen molar-refractivity contribution in [3.8, 4) is 11.8 Å². The number of rotatable bonds is 6. The number of hydrogen-bond donors (Lipinski definition) is 0. The highest BCUT2D eigenvalue weighted by molar-refractivity contribution is 5.26. The molecule has 0 fully saturated rings. The van der Waals surface area contributed by atoms with E-state index in [2.05, 4.69) is 0 Å². The number of halogens is 3. The number of unbranched alkanes of at least 4 members (excludes halogenated alkanes) is 3. The van der Waals surface area contributed by atoms with Gasteiger partial charge in [-0.1, -0.05) is 0 Å². The number of nitriles is 1. The summed E-state index contributed by atoms with van der Waals surface area (Å²) in [7, 11) is 0. The molecular weight excluding hydrogens is 231 g/mol. The highest BCUT2D eigenvalue weighted by Crippen LogP contribution is 2.21. The van der Waals surface area contributed by atoms with Gasteiger partial charge in [-0.2, -0.15) is 9.65 Å². The van der Waals surface area contributed by atoms with Crippen LogP contribution < -0.4 is 4.74 Å². The van der Waals surface area contributed by atoms with E-state index in [0.29, 0.717) is 12.8 Å². The van der Waals surface area contributed by atoms with Crippen LogP contribution in [0, 0.1) is 28.8 Å². The minimum Gasteiger partial charge on any atom is -0.490 e. The van der Waals surface area contributed by atoms with Crippen molar-refractivity contribution in [3.05, 3.63) is 29.6 Å². The summed E-state index contributed by atoms with van der Waals surface area (Å²) in [6, 6.07) is 3.89. The van der Waals surface area contributed by atoms with Crippen molar-refractivity contribution in [1.82, 2.24) is 0 Å². The Kier molecular flexibility index (Phi) is 5.34. The highest BCUT2D eigenvalue weighted by Gasteiger charge is 2.13. The molecule has 0 aliphatic heterocycles. The maximum atomic E-state index is 13.1. The molecule has 0 bridgehead atoms.